The molecule has 0 saturated carbocycles. The number of carbonyl (C=O) groups is 1. The quantitative estimate of drug-likeness (QED) is 0.187. The van der Waals surface area contributed by atoms with E-state index in [9.17, 15) is 10.0 Å². The average Bonchev–Trinajstić information content (AvgIpc) is 2.73. The lowest BCUT2D eigenvalue weighted by molar-refractivity contribution is -0.311. The van der Waals surface area contributed by atoms with Crippen molar-refractivity contribution in [1.82, 2.24) is 5.23 Å². The molecule has 0 unspecified atom stereocenters. The summed E-state index contributed by atoms with van der Waals surface area (Å²) in [4.78, 5) is 17.9. The summed E-state index contributed by atoms with van der Waals surface area (Å²) in [6.45, 7) is 5.10. The molecule has 0 radical (unpaired) electrons. The monoisotopic (exact) mass is 383 g/mol. The molecule has 0 bridgehead atoms. The molecule has 0 aromatic heterocycles. The Morgan fingerprint density at radius 1 is 0.964 bits per heavy atom. The molecule has 0 aliphatic carbocycles. The first-order valence-electron chi connectivity index (χ1n) is 9.82. The van der Waals surface area contributed by atoms with Crippen LogP contribution in [0, 0.1) is 0 Å². The highest BCUT2D eigenvalue weighted by Gasteiger charge is 2.19. The molecule has 150 valence electrons. The van der Waals surface area contributed by atoms with Crippen molar-refractivity contribution in [2.24, 2.45) is 0 Å². The van der Waals surface area contributed by atoms with Gasteiger partial charge in [-0.05, 0) is 42.2 Å². The molecule has 0 fully saturated rings. The molecule has 0 aliphatic heterocycles. The second-order valence-electron chi connectivity index (χ2n) is 6.46. The summed E-state index contributed by atoms with van der Waals surface area (Å²) in [6, 6.07) is 16.8. The van der Waals surface area contributed by atoms with E-state index in [4.69, 9.17) is 9.57 Å². The molecule has 5 nitrogen and oxygen atoms in total. The maximum absolute atomic E-state index is 12.7. The van der Waals surface area contributed by atoms with Gasteiger partial charge in [-0.3, -0.25) is 10.0 Å². The third-order valence-corrected chi connectivity index (χ3v) is 4.16. The van der Waals surface area contributed by atoms with Gasteiger partial charge in [-0.25, -0.2) is 4.84 Å². The van der Waals surface area contributed by atoms with E-state index in [2.05, 4.69) is 6.92 Å². The van der Waals surface area contributed by atoms with Crippen molar-refractivity contribution in [3.8, 4) is 5.75 Å². The summed E-state index contributed by atoms with van der Waals surface area (Å²) < 4.78 is 5.68. The van der Waals surface area contributed by atoms with E-state index in [1.54, 1.807) is 6.08 Å². The molecule has 0 aliphatic rings. The van der Waals surface area contributed by atoms with Gasteiger partial charge in [-0.2, -0.15) is 0 Å². The van der Waals surface area contributed by atoms with Crippen molar-refractivity contribution in [2.45, 2.75) is 39.5 Å². The van der Waals surface area contributed by atoms with Gasteiger partial charge in [-0.1, -0.05) is 74.4 Å². The summed E-state index contributed by atoms with van der Waals surface area (Å²) >= 11 is 0. The van der Waals surface area contributed by atoms with E-state index in [1.807, 2.05) is 61.5 Å². The molecule has 0 saturated heterocycles. The standard InChI is InChI=1S/C23H29NO4/c1-3-5-16-27-21-14-12-19(13-15-21)18-22(20-10-8-7-9-11-20)23(25)24(26)28-17-6-4-2/h7-15,18,26H,3-6,16-17H2,1-2H3. The topological polar surface area (TPSA) is 59.0 Å². The molecule has 0 spiro atoms. The van der Waals surface area contributed by atoms with E-state index in [1.165, 1.54) is 0 Å². The number of ether oxygens (including phenoxy) is 1. The largest absolute Gasteiger partial charge is 0.494 e. The van der Waals surface area contributed by atoms with E-state index >= 15 is 0 Å². The number of hydrogen-bond donors (Lipinski definition) is 1. The Labute approximate surface area is 167 Å². The number of hydroxylamine groups is 2. The van der Waals surface area contributed by atoms with Crippen LogP contribution in [0.4, 0.5) is 0 Å². The molecule has 1 amide bonds. The molecule has 0 heterocycles. The van der Waals surface area contributed by atoms with Gasteiger partial charge in [0, 0.05) is 0 Å². The molecule has 1 N–H and O–H groups in total. The third-order valence-electron chi connectivity index (χ3n) is 4.16. The first-order valence-corrected chi connectivity index (χ1v) is 9.82. The SMILES string of the molecule is CCCCOc1ccc(C=C(C(=O)N(O)OCCCC)c2ccccc2)cc1. The lowest BCUT2D eigenvalue weighted by Gasteiger charge is -2.16. The Kier molecular flexibility index (Phi) is 9.25. The van der Waals surface area contributed by atoms with E-state index < -0.39 is 5.91 Å². The number of hydrogen-bond acceptors (Lipinski definition) is 4. The van der Waals surface area contributed by atoms with Crippen LogP contribution in [-0.4, -0.2) is 29.6 Å². The Bertz CT molecular complexity index is 741. The van der Waals surface area contributed by atoms with E-state index in [-0.39, 0.29) is 6.61 Å². The summed E-state index contributed by atoms with van der Waals surface area (Å²) in [5, 5.41) is 10.3. The van der Waals surface area contributed by atoms with Crippen LogP contribution in [0.2, 0.25) is 0 Å². The highest BCUT2D eigenvalue weighted by Crippen LogP contribution is 2.22. The number of amides is 1. The van der Waals surface area contributed by atoms with Gasteiger partial charge in [0.2, 0.25) is 0 Å². The van der Waals surface area contributed by atoms with Gasteiger partial charge < -0.3 is 4.74 Å². The molecular formula is C23H29NO4. The summed E-state index contributed by atoms with van der Waals surface area (Å²) in [5.41, 5.74) is 1.88. The fourth-order valence-corrected chi connectivity index (χ4v) is 2.50. The van der Waals surface area contributed by atoms with Crippen molar-refractivity contribution in [2.75, 3.05) is 13.2 Å². The fraction of sp³-hybridized carbons (Fsp3) is 0.348. The van der Waals surface area contributed by atoms with Crippen LogP contribution in [-0.2, 0) is 9.63 Å². The lowest BCUT2D eigenvalue weighted by atomic mass is 10.0. The van der Waals surface area contributed by atoms with Crippen LogP contribution in [0.25, 0.3) is 11.6 Å². The lowest BCUT2D eigenvalue weighted by Crippen LogP contribution is -2.29. The number of benzene rings is 2. The molecule has 5 heteroatoms. The van der Waals surface area contributed by atoms with Crippen molar-refractivity contribution in [1.29, 1.82) is 0 Å². The smallest absolute Gasteiger partial charge is 0.304 e. The second-order valence-corrected chi connectivity index (χ2v) is 6.46. The van der Waals surface area contributed by atoms with Crippen LogP contribution < -0.4 is 4.74 Å². The highest BCUT2D eigenvalue weighted by atomic mass is 16.9. The average molecular weight is 383 g/mol. The first-order chi connectivity index (χ1) is 13.7. The van der Waals surface area contributed by atoms with Crippen molar-refractivity contribution in [3.63, 3.8) is 0 Å². The molecule has 2 rings (SSSR count). The normalized spacial score (nSPS) is 11.3. The number of unbranched alkanes of at least 4 members (excludes halogenated alkanes) is 2. The molecular weight excluding hydrogens is 354 g/mol. The third kappa shape index (κ3) is 6.83. The van der Waals surface area contributed by atoms with Crippen LogP contribution in [0.5, 0.6) is 5.75 Å². The fourth-order valence-electron chi connectivity index (χ4n) is 2.50. The number of nitrogens with zero attached hydrogens (tertiary/aromatic N) is 1. The summed E-state index contributed by atoms with van der Waals surface area (Å²) in [6.07, 6.45) is 5.50. The van der Waals surface area contributed by atoms with Gasteiger partial charge in [0.05, 0.1) is 18.8 Å². The Morgan fingerprint density at radius 3 is 2.25 bits per heavy atom. The minimum Gasteiger partial charge on any atom is -0.494 e. The number of carbonyl (C=O) groups excluding carboxylic acids is 1. The van der Waals surface area contributed by atoms with Crippen LogP contribution >= 0.6 is 0 Å². The predicted octanol–water partition coefficient (Wildman–Crippen LogP) is 5.36. The van der Waals surface area contributed by atoms with Crippen LogP contribution in [0.3, 0.4) is 0 Å². The van der Waals surface area contributed by atoms with E-state index in [0.717, 1.165) is 37.0 Å². The van der Waals surface area contributed by atoms with Gasteiger partial charge >= 0.3 is 5.91 Å². The van der Waals surface area contributed by atoms with Gasteiger partial charge in [0.15, 0.2) is 0 Å². The van der Waals surface area contributed by atoms with Crippen molar-refractivity contribution < 1.29 is 19.6 Å². The summed E-state index contributed by atoms with van der Waals surface area (Å²) in [5.74, 6) is 0.190. The van der Waals surface area contributed by atoms with E-state index in [0.29, 0.717) is 23.0 Å². The van der Waals surface area contributed by atoms with Crippen molar-refractivity contribution >= 4 is 17.6 Å². The van der Waals surface area contributed by atoms with Gasteiger partial charge in [0.25, 0.3) is 0 Å². The van der Waals surface area contributed by atoms with Crippen LogP contribution in [0.1, 0.15) is 50.7 Å². The zero-order valence-corrected chi connectivity index (χ0v) is 16.6. The zero-order chi connectivity index (χ0) is 20.2. The summed E-state index contributed by atoms with van der Waals surface area (Å²) in [7, 11) is 0. The predicted molar refractivity (Wildman–Crippen MR) is 111 cm³/mol. The highest BCUT2D eigenvalue weighted by molar-refractivity contribution is 6.23. The van der Waals surface area contributed by atoms with Gasteiger partial charge in [-0.15, -0.1) is 0 Å². The van der Waals surface area contributed by atoms with Crippen molar-refractivity contribution in [3.05, 3.63) is 65.7 Å². The number of rotatable bonds is 11. The molecule has 2 aromatic rings. The molecule has 28 heavy (non-hydrogen) atoms. The Morgan fingerprint density at radius 2 is 1.61 bits per heavy atom. The van der Waals surface area contributed by atoms with Crippen LogP contribution in [0.15, 0.2) is 54.6 Å². The minimum absolute atomic E-state index is 0.282. The first kappa shape index (κ1) is 21.7. The molecule has 0 atom stereocenters. The Balaban J connectivity index is 2.20. The minimum atomic E-state index is -0.606. The van der Waals surface area contributed by atoms with Gasteiger partial charge in [0.1, 0.15) is 5.75 Å². The zero-order valence-electron chi connectivity index (χ0n) is 16.6. The Hall–Kier alpha value is -2.63. The molecule has 2 aromatic carbocycles. The maximum Gasteiger partial charge on any atom is 0.304 e. The maximum atomic E-state index is 12.7. The second kappa shape index (κ2) is 12.0.